The largest absolute Gasteiger partial charge is 0.474 e. The highest BCUT2D eigenvalue weighted by Crippen LogP contribution is 2.32. The Bertz CT molecular complexity index is 1630. The molecule has 10 nitrogen and oxygen atoms in total. The van der Waals surface area contributed by atoms with Gasteiger partial charge in [-0.3, -0.25) is 9.88 Å². The normalized spacial score (nSPS) is 18.5. The van der Waals surface area contributed by atoms with E-state index in [0.717, 1.165) is 95.0 Å². The molecule has 0 bridgehead atoms. The minimum atomic E-state index is -0.424. The molecule has 1 aliphatic carbocycles. The van der Waals surface area contributed by atoms with Gasteiger partial charge in [-0.25, -0.2) is 9.78 Å². The lowest BCUT2D eigenvalue weighted by Gasteiger charge is -2.37. The fourth-order valence-corrected chi connectivity index (χ4v) is 6.42. The second-order valence-electron chi connectivity index (χ2n) is 14.1. The minimum absolute atomic E-state index is 0.103. The average Bonchev–Trinajstić information content (AvgIpc) is 3.33. The van der Waals surface area contributed by atoms with Gasteiger partial charge in [0, 0.05) is 106 Å². The van der Waals surface area contributed by atoms with E-state index in [1.807, 2.05) is 45.4 Å². The van der Waals surface area contributed by atoms with Crippen molar-refractivity contribution in [2.24, 2.45) is 7.05 Å². The molecule has 252 valence electrons. The van der Waals surface area contributed by atoms with Gasteiger partial charge in [0.1, 0.15) is 11.7 Å². The summed E-state index contributed by atoms with van der Waals surface area (Å²) in [5, 5.41) is 11.9. The quantitative estimate of drug-likeness (QED) is 0.286. The number of pyridine rings is 2. The van der Waals surface area contributed by atoms with Crippen LogP contribution >= 0.6 is 0 Å². The fraction of sp³-hybridized carbons (Fsp3) is 0.541. The predicted molar refractivity (Wildman–Crippen MR) is 186 cm³/mol. The van der Waals surface area contributed by atoms with Gasteiger partial charge in [-0.2, -0.15) is 0 Å². The molecular formula is C37H50N6O4. The first-order valence-corrected chi connectivity index (χ1v) is 17.2. The van der Waals surface area contributed by atoms with E-state index in [9.17, 15) is 9.90 Å². The lowest BCUT2D eigenvalue weighted by molar-refractivity contribution is 0.0131. The molecule has 4 aromatic rings. The maximum atomic E-state index is 12.0. The first-order valence-electron chi connectivity index (χ1n) is 17.2. The topological polar surface area (TPSA) is 96.2 Å². The Morgan fingerprint density at radius 1 is 0.851 bits per heavy atom. The highest BCUT2D eigenvalue weighted by Gasteiger charge is 2.26. The number of carbonyl (C=O) groups is 1. The van der Waals surface area contributed by atoms with Crippen molar-refractivity contribution in [3.8, 4) is 17.0 Å². The van der Waals surface area contributed by atoms with E-state index >= 15 is 0 Å². The van der Waals surface area contributed by atoms with Gasteiger partial charge in [-0.05, 0) is 76.6 Å². The third-order valence-corrected chi connectivity index (χ3v) is 9.53. The van der Waals surface area contributed by atoms with Crippen LogP contribution in [0.3, 0.4) is 0 Å². The number of hydrogen-bond acceptors (Lipinski definition) is 8. The third-order valence-electron chi connectivity index (χ3n) is 9.53. The smallest absolute Gasteiger partial charge is 0.410 e. The van der Waals surface area contributed by atoms with E-state index in [1.54, 1.807) is 4.90 Å². The lowest BCUT2D eigenvalue weighted by Crippen LogP contribution is -2.51. The molecule has 3 aromatic heterocycles. The van der Waals surface area contributed by atoms with Gasteiger partial charge >= 0.3 is 6.09 Å². The number of fused-ring (bicyclic) bond motifs is 3. The maximum absolute atomic E-state index is 12.0. The van der Waals surface area contributed by atoms with Gasteiger partial charge in [0.15, 0.2) is 0 Å². The molecular weight excluding hydrogens is 592 g/mol. The SMILES string of the molecule is CC(C)(C)OC(=O)N1CCN(CCN2CCC(O)CC2)CC1.Cn1c2ccncc2c2ccc(-c3ccc(OC4CCC4)nc3)cc21. The van der Waals surface area contributed by atoms with E-state index in [2.05, 4.69) is 61.7 Å². The number of nitrogens with zero attached hydrogens (tertiary/aromatic N) is 6. The summed E-state index contributed by atoms with van der Waals surface area (Å²) < 4.78 is 13.5. The van der Waals surface area contributed by atoms with Crippen LogP contribution in [-0.4, -0.2) is 111 Å². The predicted octanol–water partition coefficient (Wildman–Crippen LogP) is 5.72. The summed E-state index contributed by atoms with van der Waals surface area (Å²) >= 11 is 0. The van der Waals surface area contributed by atoms with Gasteiger partial charge < -0.3 is 28.9 Å². The number of carbonyl (C=O) groups excluding carboxylic acids is 1. The van der Waals surface area contributed by atoms with Crippen LogP contribution in [0.15, 0.2) is 55.0 Å². The fourth-order valence-electron chi connectivity index (χ4n) is 6.42. The molecule has 1 aromatic carbocycles. The molecule has 1 N–H and O–H groups in total. The Labute approximate surface area is 278 Å². The molecule has 5 heterocycles. The van der Waals surface area contributed by atoms with Gasteiger partial charge in [0.05, 0.1) is 11.6 Å². The van der Waals surface area contributed by atoms with E-state index in [-0.39, 0.29) is 12.2 Å². The number of aliphatic hydroxyl groups excluding tert-OH is 1. The maximum Gasteiger partial charge on any atom is 0.410 e. The summed E-state index contributed by atoms with van der Waals surface area (Å²) in [5.41, 5.74) is 4.24. The van der Waals surface area contributed by atoms with E-state index < -0.39 is 5.60 Å². The molecule has 7 rings (SSSR count). The molecule has 1 saturated carbocycles. The molecule has 0 radical (unpaired) electrons. The number of piperazine rings is 1. The number of aromatic nitrogens is 3. The summed E-state index contributed by atoms with van der Waals surface area (Å²) in [6.07, 6.45) is 11.1. The number of hydrogen-bond donors (Lipinski definition) is 1. The third kappa shape index (κ3) is 8.41. The Hall–Kier alpha value is -3.73. The van der Waals surface area contributed by atoms with Gasteiger partial charge in [0.2, 0.25) is 5.88 Å². The van der Waals surface area contributed by atoms with Crippen LogP contribution in [-0.2, 0) is 11.8 Å². The van der Waals surface area contributed by atoms with Crippen LogP contribution in [0, 0.1) is 0 Å². The summed E-state index contributed by atoms with van der Waals surface area (Å²) in [4.78, 5) is 27.4. The second-order valence-corrected chi connectivity index (χ2v) is 14.1. The van der Waals surface area contributed by atoms with Crippen molar-refractivity contribution in [1.82, 2.24) is 29.2 Å². The molecule has 0 spiro atoms. The summed E-state index contributed by atoms with van der Waals surface area (Å²) in [5.74, 6) is 0.727. The van der Waals surface area contributed by atoms with Gasteiger partial charge in [0.25, 0.3) is 0 Å². The van der Waals surface area contributed by atoms with Gasteiger partial charge in [-0.15, -0.1) is 0 Å². The first kappa shape index (κ1) is 33.2. The monoisotopic (exact) mass is 642 g/mol. The van der Waals surface area contributed by atoms with Crippen LogP contribution in [0.25, 0.3) is 32.9 Å². The lowest BCUT2D eigenvalue weighted by atomic mass is 9.96. The number of amides is 1. The van der Waals surface area contributed by atoms with Crippen LogP contribution < -0.4 is 4.74 Å². The molecule has 2 aliphatic heterocycles. The molecule has 10 heteroatoms. The Kier molecular flexibility index (Phi) is 10.3. The Morgan fingerprint density at radius 2 is 1.55 bits per heavy atom. The van der Waals surface area contributed by atoms with Crippen molar-refractivity contribution >= 4 is 27.9 Å². The van der Waals surface area contributed by atoms with E-state index in [1.165, 1.54) is 28.2 Å². The number of likely N-dealkylation sites (tertiary alicyclic amines) is 1. The second kappa shape index (κ2) is 14.6. The zero-order valence-corrected chi connectivity index (χ0v) is 28.4. The van der Waals surface area contributed by atoms with Crippen LogP contribution in [0.1, 0.15) is 52.9 Å². The van der Waals surface area contributed by atoms with Gasteiger partial charge in [-0.1, -0.05) is 12.1 Å². The highest BCUT2D eigenvalue weighted by atomic mass is 16.6. The molecule has 47 heavy (non-hydrogen) atoms. The summed E-state index contributed by atoms with van der Waals surface area (Å²) in [6.45, 7) is 13.1. The van der Waals surface area contributed by atoms with Crippen LogP contribution in [0.5, 0.6) is 5.88 Å². The molecule has 3 fully saturated rings. The van der Waals surface area contributed by atoms with Crippen LogP contribution in [0.4, 0.5) is 4.79 Å². The zero-order chi connectivity index (χ0) is 33.0. The number of rotatable bonds is 6. The minimum Gasteiger partial charge on any atom is -0.474 e. The van der Waals surface area contributed by atoms with Crippen molar-refractivity contribution in [2.45, 2.75) is 70.7 Å². The standard InChI is InChI=1S/C21H19N3O.C16H31N3O3/c1-24-19-9-10-22-13-18(19)17-7-5-14(11-20(17)24)15-6-8-21(23-12-15)25-16-3-2-4-16;1-16(2,3)22-15(21)19-12-10-18(11-13-19)9-8-17-6-4-14(20)5-7-17/h5-13,16H,2-4H2,1H3;14,20H,4-13H2,1-3H3. The summed E-state index contributed by atoms with van der Waals surface area (Å²) in [6, 6.07) is 12.7. The Morgan fingerprint density at radius 3 is 2.19 bits per heavy atom. The number of benzene rings is 1. The number of ether oxygens (including phenoxy) is 2. The highest BCUT2D eigenvalue weighted by molar-refractivity contribution is 6.08. The molecule has 3 aliphatic rings. The molecule has 0 unspecified atom stereocenters. The molecule has 1 amide bonds. The average molecular weight is 643 g/mol. The van der Waals surface area contributed by atoms with Crippen molar-refractivity contribution in [2.75, 3.05) is 52.4 Å². The first-order chi connectivity index (χ1) is 22.6. The number of aryl methyl sites for hydroxylation is 1. The van der Waals surface area contributed by atoms with Crippen molar-refractivity contribution in [3.63, 3.8) is 0 Å². The molecule has 0 atom stereocenters. The number of piperidine rings is 1. The summed E-state index contributed by atoms with van der Waals surface area (Å²) in [7, 11) is 2.10. The van der Waals surface area contributed by atoms with Crippen molar-refractivity contribution in [3.05, 3.63) is 55.0 Å². The van der Waals surface area contributed by atoms with Crippen molar-refractivity contribution < 1.29 is 19.4 Å². The Balaban J connectivity index is 0.000000166. The van der Waals surface area contributed by atoms with Crippen LogP contribution in [0.2, 0.25) is 0 Å². The van der Waals surface area contributed by atoms with Crippen molar-refractivity contribution in [1.29, 1.82) is 0 Å². The number of aliphatic hydroxyl groups is 1. The zero-order valence-electron chi connectivity index (χ0n) is 28.4. The van der Waals surface area contributed by atoms with E-state index in [0.29, 0.717) is 6.10 Å². The molecule has 2 saturated heterocycles. The van der Waals surface area contributed by atoms with E-state index in [4.69, 9.17) is 9.47 Å².